The fourth-order valence-electron chi connectivity index (χ4n) is 0.899. The van der Waals surface area contributed by atoms with Gasteiger partial charge in [-0.15, -0.1) is 0 Å². The maximum atomic E-state index is 6.58. The maximum Gasteiger partial charge on any atom is 0.276 e. The second kappa shape index (κ2) is 4.22. The van der Waals surface area contributed by atoms with Gasteiger partial charge in [-0.2, -0.15) is 4.98 Å². The van der Waals surface area contributed by atoms with Crippen LogP contribution in [0.2, 0.25) is 0 Å². The van der Waals surface area contributed by atoms with Gasteiger partial charge in [-0.1, -0.05) is 5.16 Å². The Hall–Kier alpha value is -1.88. The van der Waals surface area contributed by atoms with Crippen LogP contribution in [-0.2, 0) is 6.54 Å². The molecule has 1 N–H and O–H groups in total. The van der Waals surface area contributed by atoms with Crippen LogP contribution in [0.5, 0.6) is 0 Å². The number of aromatic nitrogens is 2. The van der Waals surface area contributed by atoms with E-state index in [1.165, 1.54) is 0 Å². The summed E-state index contributed by atoms with van der Waals surface area (Å²) in [5.74, 6) is 1.72. The molecule has 0 aliphatic heterocycles. The number of rotatable bonds is 2. The lowest BCUT2D eigenvalue weighted by atomic mass is 10.4. The van der Waals surface area contributed by atoms with Crippen LogP contribution in [-0.4, -0.2) is 10.1 Å². The van der Waals surface area contributed by atoms with Gasteiger partial charge in [0.05, 0.1) is 0 Å². The maximum absolute atomic E-state index is 6.58. The van der Waals surface area contributed by atoms with Crippen LogP contribution in [0, 0.1) is 13.1 Å². The van der Waals surface area contributed by atoms with Crippen molar-refractivity contribution in [3.8, 4) is 0 Å². The molecule has 1 aromatic rings. The summed E-state index contributed by atoms with van der Waals surface area (Å²) in [4.78, 5) is 7.23. The fraction of sp³-hybridized carbons (Fsp3) is 0.500. The molecule has 5 heteroatoms. The summed E-state index contributed by atoms with van der Waals surface area (Å²) in [5, 5.41) is 8.67. The molecule has 2 rings (SSSR count). The Labute approximate surface area is 75.8 Å². The van der Waals surface area contributed by atoms with Crippen molar-refractivity contribution in [3.05, 3.63) is 29.7 Å². The van der Waals surface area contributed by atoms with Crippen molar-refractivity contribution in [1.82, 2.24) is 10.1 Å². The van der Waals surface area contributed by atoms with Gasteiger partial charge in [0.25, 0.3) is 12.4 Å². The van der Waals surface area contributed by atoms with Crippen molar-refractivity contribution >= 4 is 0 Å². The first-order valence-corrected chi connectivity index (χ1v) is 3.81. The summed E-state index contributed by atoms with van der Waals surface area (Å²) in [7, 11) is 0. The second-order valence-corrected chi connectivity index (χ2v) is 2.64. The van der Waals surface area contributed by atoms with Crippen LogP contribution in [0.3, 0.4) is 0 Å². The second-order valence-electron chi connectivity index (χ2n) is 2.64. The third kappa shape index (κ3) is 2.28. The zero-order valence-electron chi connectivity index (χ0n) is 6.95. The lowest BCUT2D eigenvalue weighted by molar-refractivity contribution is -0.0997. The average molecular weight is 176 g/mol. The van der Waals surface area contributed by atoms with E-state index in [1.54, 1.807) is 0 Å². The van der Waals surface area contributed by atoms with E-state index in [9.17, 15) is 0 Å². The topological polar surface area (TPSA) is 67.1 Å². The quantitative estimate of drug-likeness (QED) is 0.630. The SMILES string of the molecule is [C-]#[N+]Cc1noc(C2CC2)n1.[C-]#[NH+]. The van der Waals surface area contributed by atoms with Crippen LogP contribution in [0.1, 0.15) is 30.5 Å². The van der Waals surface area contributed by atoms with Crippen molar-refractivity contribution < 1.29 is 9.78 Å². The van der Waals surface area contributed by atoms with E-state index in [-0.39, 0.29) is 6.54 Å². The number of nitrogens with one attached hydrogen (secondary N) is 1. The van der Waals surface area contributed by atoms with Crippen molar-refractivity contribution in [2.75, 3.05) is 0 Å². The van der Waals surface area contributed by atoms with E-state index in [4.69, 9.17) is 22.9 Å². The van der Waals surface area contributed by atoms with E-state index in [2.05, 4.69) is 15.0 Å². The van der Waals surface area contributed by atoms with Gasteiger partial charge in [0.15, 0.2) is 0 Å². The fourth-order valence-corrected chi connectivity index (χ4v) is 0.899. The zero-order chi connectivity index (χ0) is 9.68. The summed E-state index contributed by atoms with van der Waals surface area (Å²) in [6, 6.07) is 0. The van der Waals surface area contributed by atoms with E-state index < -0.39 is 0 Å². The minimum Gasteiger partial charge on any atom is -0.339 e. The monoisotopic (exact) mass is 176 g/mol. The number of hydrogen-bond donors (Lipinski definition) is 1. The Morgan fingerprint density at radius 1 is 1.54 bits per heavy atom. The largest absolute Gasteiger partial charge is 0.339 e. The standard InChI is InChI=1S/C7H7N3O.CHN/c1-8-4-6-9-7(11-10-6)5-2-3-5;1-2/h5H,2-4H2;2H. The Kier molecular flexibility index (Phi) is 2.99. The van der Waals surface area contributed by atoms with Gasteiger partial charge < -0.3 is 14.6 Å². The van der Waals surface area contributed by atoms with Crippen LogP contribution in [0.25, 0.3) is 4.85 Å². The van der Waals surface area contributed by atoms with Crippen molar-refractivity contribution in [3.63, 3.8) is 0 Å². The van der Waals surface area contributed by atoms with Crippen LogP contribution in [0.15, 0.2) is 4.52 Å². The van der Waals surface area contributed by atoms with Crippen LogP contribution < -0.4 is 5.26 Å². The van der Waals surface area contributed by atoms with E-state index in [0.29, 0.717) is 17.6 Å². The number of hydrogen-bond acceptors (Lipinski definition) is 3. The minimum absolute atomic E-state index is 0.232. The predicted molar refractivity (Wildman–Crippen MR) is 40.8 cm³/mol. The predicted octanol–water partition coefficient (Wildman–Crippen LogP) is -0.288. The molecular formula is C8H8N4O. The van der Waals surface area contributed by atoms with Gasteiger partial charge in [-0.05, 0) is 12.8 Å². The van der Waals surface area contributed by atoms with Gasteiger partial charge >= 0.3 is 0 Å². The van der Waals surface area contributed by atoms with Gasteiger partial charge in [-0.3, -0.25) is 0 Å². The first kappa shape index (κ1) is 9.21. The van der Waals surface area contributed by atoms with Crippen LogP contribution in [0.4, 0.5) is 0 Å². The van der Waals surface area contributed by atoms with E-state index in [0.717, 1.165) is 12.8 Å². The smallest absolute Gasteiger partial charge is 0.276 e. The molecule has 0 amide bonds. The molecule has 1 aromatic heterocycles. The summed E-state index contributed by atoms with van der Waals surface area (Å²) in [5.41, 5.74) is 0. The molecule has 66 valence electrons. The van der Waals surface area contributed by atoms with E-state index in [1.807, 2.05) is 0 Å². The minimum atomic E-state index is 0.232. The summed E-state index contributed by atoms with van der Waals surface area (Å²) >= 11 is 0. The molecule has 1 heterocycles. The molecule has 0 bridgehead atoms. The highest BCUT2D eigenvalue weighted by molar-refractivity contribution is 5.02. The number of nitrogens with zero attached hydrogens (tertiary/aromatic N) is 3. The lowest BCUT2D eigenvalue weighted by Gasteiger charge is -1.78. The molecule has 0 saturated heterocycles. The summed E-state index contributed by atoms with van der Waals surface area (Å²) in [6.45, 7) is 11.8. The third-order valence-electron chi connectivity index (χ3n) is 1.63. The van der Waals surface area contributed by atoms with Gasteiger partial charge in [0.2, 0.25) is 5.89 Å². The Morgan fingerprint density at radius 3 is 2.77 bits per heavy atom. The third-order valence-corrected chi connectivity index (χ3v) is 1.63. The van der Waals surface area contributed by atoms with Gasteiger partial charge in [0, 0.05) is 5.92 Å². The molecule has 13 heavy (non-hydrogen) atoms. The molecule has 0 spiro atoms. The molecule has 0 aromatic carbocycles. The van der Waals surface area contributed by atoms with Gasteiger partial charge in [0.1, 0.15) is 0 Å². The highest BCUT2D eigenvalue weighted by Gasteiger charge is 2.29. The normalized spacial score (nSPS) is 13.9. The molecule has 0 atom stereocenters. The molecular weight excluding hydrogens is 168 g/mol. The van der Waals surface area contributed by atoms with Crippen LogP contribution >= 0.6 is 0 Å². The molecule has 1 saturated carbocycles. The van der Waals surface area contributed by atoms with Crippen molar-refractivity contribution in [2.24, 2.45) is 0 Å². The summed E-state index contributed by atoms with van der Waals surface area (Å²) in [6.07, 6.45) is 2.30. The molecule has 0 radical (unpaired) electrons. The lowest BCUT2D eigenvalue weighted by Crippen LogP contribution is -2.10. The Balaban J connectivity index is 0.000000396. The van der Waals surface area contributed by atoms with Crippen molar-refractivity contribution in [2.45, 2.75) is 25.3 Å². The first-order valence-electron chi connectivity index (χ1n) is 3.81. The highest BCUT2D eigenvalue weighted by Crippen LogP contribution is 2.38. The molecule has 1 aliphatic rings. The Bertz CT molecular complexity index is 331. The molecule has 1 fully saturated rings. The van der Waals surface area contributed by atoms with Gasteiger partial charge in [-0.25, -0.2) is 13.1 Å². The molecule has 5 nitrogen and oxygen atoms in total. The highest BCUT2D eigenvalue weighted by atomic mass is 16.5. The Morgan fingerprint density at radius 2 is 2.23 bits per heavy atom. The first-order chi connectivity index (χ1) is 6.40. The molecule has 0 unspecified atom stereocenters. The zero-order valence-corrected chi connectivity index (χ0v) is 6.95. The molecule has 1 aliphatic carbocycles. The van der Waals surface area contributed by atoms with Crippen molar-refractivity contribution in [1.29, 1.82) is 0 Å². The van der Waals surface area contributed by atoms with E-state index >= 15 is 0 Å². The summed E-state index contributed by atoms with van der Waals surface area (Å²) < 4.78 is 4.94. The average Bonchev–Trinajstić information content (AvgIpc) is 2.92.